The standard InChI is InChI=1S/C15H18F3N3O2/c1-2-8-15(19)20-9-7-13(22)21(15)11-3-5-12(6-4-11)23-10-14(16,17)18/h3-7,9,20H,2,8,10,19H2,1H3. The summed E-state index contributed by atoms with van der Waals surface area (Å²) in [6, 6.07) is 5.75. The molecule has 1 amide bonds. The molecule has 1 atom stereocenters. The van der Waals surface area contributed by atoms with Crippen LogP contribution < -0.4 is 20.7 Å². The number of benzene rings is 1. The average Bonchev–Trinajstić information content (AvgIpc) is 2.45. The Morgan fingerprint density at radius 3 is 2.52 bits per heavy atom. The molecule has 23 heavy (non-hydrogen) atoms. The summed E-state index contributed by atoms with van der Waals surface area (Å²) in [7, 11) is 0. The molecular weight excluding hydrogens is 311 g/mol. The van der Waals surface area contributed by atoms with Gasteiger partial charge in [-0.1, -0.05) is 13.3 Å². The Bertz CT molecular complexity index is 587. The molecule has 2 rings (SSSR count). The summed E-state index contributed by atoms with van der Waals surface area (Å²) in [5, 5.41) is 2.96. The lowest BCUT2D eigenvalue weighted by atomic mass is 10.1. The van der Waals surface area contributed by atoms with Crippen molar-refractivity contribution in [1.82, 2.24) is 5.32 Å². The maximum absolute atomic E-state index is 12.2. The number of hydrogen-bond acceptors (Lipinski definition) is 4. The van der Waals surface area contributed by atoms with Crippen molar-refractivity contribution in [1.29, 1.82) is 0 Å². The average molecular weight is 329 g/mol. The monoisotopic (exact) mass is 329 g/mol. The highest BCUT2D eigenvalue weighted by Gasteiger charge is 2.37. The van der Waals surface area contributed by atoms with Gasteiger partial charge in [-0.3, -0.25) is 15.4 Å². The Balaban J connectivity index is 2.19. The SMILES string of the molecule is CCCC1(N)NC=CC(=O)N1c1ccc(OCC(F)(F)F)cc1. The lowest BCUT2D eigenvalue weighted by Gasteiger charge is -2.42. The summed E-state index contributed by atoms with van der Waals surface area (Å²) in [5.74, 6) is -1.31. The van der Waals surface area contributed by atoms with Crippen molar-refractivity contribution in [2.45, 2.75) is 31.7 Å². The minimum absolute atomic E-state index is 0.0668. The van der Waals surface area contributed by atoms with Crippen molar-refractivity contribution in [2.75, 3.05) is 11.5 Å². The molecular formula is C15H18F3N3O2. The van der Waals surface area contributed by atoms with Crippen LogP contribution in [0.3, 0.4) is 0 Å². The van der Waals surface area contributed by atoms with E-state index in [-0.39, 0.29) is 11.7 Å². The van der Waals surface area contributed by atoms with E-state index in [0.29, 0.717) is 12.1 Å². The quantitative estimate of drug-likeness (QED) is 0.871. The van der Waals surface area contributed by atoms with Gasteiger partial charge in [0.2, 0.25) is 0 Å². The first-order chi connectivity index (χ1) is 10.7. The second kappa shape index (κ2) is 6.49. The number of amides is 1. The van der Waals surface area contributed by atoms with Gasteiger partial charge in [0.1, 0.15) is 5.75 Å². The topological polar surface area (TPSA) is 67.6 Å². The van der Waals surface area contributed by atoms with Crippen LogP contribution in [-0.4, -0.2) is 24.5 Å². The number of nitrogens with one attached hydrogen (secondary N) is 1. The van der Waals surface area contributed by atoms with Crippen LogP contribution in [0.4, 0.5) is 18.9 Å². The predicted molar refractivity (Wildman–Crippen MR) is 79.6 cm³/mol. The molecule has 3 N–H and O–H groups in total. The van der Waals surface area contributed by atoms with E-state index in [0.717, 1.165) is 6.42 Å². The summed E-state index contributed by atoms with van der Waals surface area (Å²) in [6.07, 6.45) is -0.308. The largest absolute Gasteiger partial charge is 0.484 e. The van der Waals surface area contributed by atoms with Gasteiger partial charge in [-0.25, -0.2) is 0 Å². The zero-order valence-electron chi connectivity index (χ0n) is 12.6. The summed E-state index contributed by atoms with van der Waals surface area (Å²) < 4.78 is 41.1. The highest BCUT2D eigenvalue weighted by atomic mass is 19.4. The maximum Gasteiger partial charge on any atom is 0.422 e. The van der Waals surface area contributed by atoms with Crippen LogP contribution in [-0.2, 0) is 4.79 Å². The summed E-state index contributed by atoms with van der Waals surface area (Å²) >= 11 is 0. The third-order valence-electron chi connectivity index (χ3n) is 3.31. The van der Waals surface area contributed by atoms with Crippen LogP contribution in [0.25, 0.3) is 0 Å². The highest BCUT2D eigenvalue weighted by Crippen LogP contribution is 2.28. The molecule has 1 aromatic rings. The molecule has 1 aliphatic heterocycles. The molecule has 1 aliphatic rings. The molecule has 0 radical (unpaired) electrons. The van der Waals surface area contributed by atoms with Gasteiger partial charge in [0.05, 0.1) is 0 Å². The van der Waals surface area contributed by atoms with Crippen LogP contribution >= 0.6 is 0 Å². The van der Waals surface area contributed by atoms with E-state index in [1.807, 2.05) is 6.92 Å². The first kappa shape index (κ1) is 17.1. The number of ether oxygens (including phenoxy) is 1. The molecule has 0 spiro atoms. The number of carbonyl (C=O) groups is 1. The van der Waals surface area contributed by atoms with Crippen LogP contribution in [0.1, 0.15) is 19.8 Å². The molecule has 1 aromatic carbocycles. The summed E-state index contributed by atoms with van der Waals surface area (Å²) in [5.41, 5.74) is 6.73. The van der Waals surface area contributed by atoms with Gasteiger partial charge >= 0.3 is 6.18 Å². The van der Waals surface area contributed by atoms with E-state index < -0.39 is 18.6 Å². The first-order valence-electron chi connectivity index (χ1n) is 7.12. The summed E-state index contributed by atoms with van der Waals surface area (Å²) in [4.78, 5) is 13.5. The minimum atomic E-state index is -4.40. The third-order valence-corrected chi connectivity index (χ3v) is 3.31. The van der Waals surface area contributed by atoms with E-state index in [1.54, 1.807) is 0 Å². The van der Waals surface area contributed by atoms with Gasteiger partial charge in [0.25, 0.3) is 5.91 Å². The zero-order chi connectivity index (χ0) is 17.1. The Morgan fingerprint density at radius 1 is 1.30 bits per heavy atom. The van der Waals surface area contributed by atoms with E-state index in [9.17, 15) is 18.0 Å². The third kappa shape index (κ3) is 4.16. The lowest BCUT2D eigenvalue weighted by molar-refractivity contribution is -0.153. The van der Waals surface area contributed by atoms with Crippen molar-refractivity contribution in [2.24, 2.45) is 5.73 Å². The van der Waals surface area contributed by atoms with Crippen molar-refractivity contribution in [3.63, 3.8) is 0 Å². The van der Waals surface area contributed by atoms with Crippen LogP contribution in [0.15, 0.2) is 36.5 Å². The number of nitrogens with two attached hydrogens (primary N) is 1. The predicted octanol–water partition coefficient (Wildman–Crippen LogP) is 2.49. The van der Waals surface area contributed by atoms with E-state index in [2.05, 4.69) is 10.1 Å². The normalized spacial score (nSPS) is 21.3. The van der Waals surface area contributed by atoms with Gasteiger partial charge in [-0.2, -0.15) is 13.2 Å². The second-order valence-corrected chi connectivity index (χ2v) is 5.22. The molecule has 126 valence electrons. The van der Waals surface area contributed by atoms with Gasteiger partial charge in [0.15, 0.2) is 12.4 Å². The summed E-state index contributed by atoms with van der Waals surface area (Å²) in [6.45, 7) is 0.571. The molecule has 0 fully saturated rings. The van der Waals surface area contributed by atoms with E-state index >= 15 is 0 Å². The molecule has 0 saturated heterocycles. The molecule has 0 aliphatic carbocycles. The van der Waals surface area contributed by atoms with Crippen LogP contribution in [0, 0.1) is 0 Å². The fourth-order valence-electron chi connectivity index (χ4n) is 2.37. The highest BCUT2D eigenvalue weighted by molar-refractivity contribution is 6.03. The lowest BCUT2D eigenvalue weighted by Crippen LogP contribution is -2.67. The van der Waals surface area contributed by atoms with Crippen molar-refractivity contribution < 1.29 is 22.7 Å². The Kier molecular flexibility index (Phi) is 4.84. The molecule has 8 heteroatoms. The fraction of sp³-hybridized carbons (Fsp3) is 0.400. The molecule has 0 aromatic heterocycles. The molecule has 1 unspecified atom stereocenters. The molecule has 0 bridgehead atoms. The van der Waals surface area contributed by atoms with Gasteiger partial charge in [-0.15, -0.1) is 0 Å². The number of hydrogen-bond donors (Lipinski definition) is 2. The van der Waals surface area contributed by atoms with Gasteiger partial charge in [-0.05, 0) is 24.3 Å². The Labute approximate surface area is 131 Å². The second-order valence-electron chi connectivity index (χ2n) is 5.22. The first-order valence-corrected chi connectivity index (χ1v) is 7.12. The van der Waals surface area contributed by atoms with Crippen molar-refractivity contribution in [3.8, 4) is 5.75 Å². The number of halogens is 3. The molecule has 0 saturated carbocycles. The number of anilines is 1. The Hall–Kier alpha value is -2.22. The van der Waals surface area contributed by atoms with E-state index in [4.69, 9.17) is 5.73 Å². The zero-order valence-corrected chi connectivity index (χ0v) is 12.6. The van der Waals surface area contributed by atoms with Crippen molar-refractivity contribution in [3.05, 3.63) is 36.5 Å². The van der Waals surface area contributed by atoms with Crippen LogP contribution in [0.5, 0.6) is 5.75 Å². The number of carbonyl (C=O) groups excluding carboxylic acids is 1. The maximum atomic E-state index is 12.2. The fourth-order valence-corrected chi connectivity index (χ4v) is 2.37. The smallest absolute Gasteiger partial charge is 0.422 e. The molecule has 1 heterocycles. The minimum Gasteiger partial charge on any atom is -0.484 e. The number of rotatable bonds is 5. The molecule has 5 nitrogen and oxygen atoms in total. The van der Waals surface area contributed by atoms with Gasteiger partial charge < -0.3 is 10.1 Å². The van der Waals surface area contributed by atoms with Gasteiger partial charge in [0, 0.05) is 24.4 Å². The van der Waals surface area contributed by atoms with Crippen molar-refractivity contribution >= 4 is 11.6 Å². The van der Waals surface area contributed by atoms with E-state index in [1.165, 1.54) is 41.4 Å². The Morgan fingerprint density at radius 2 is 1.96 bits per heavy atom. The van der Waals surface area contributed by atoms with Crippen LogP contribution in [0.2, 0.25) is 0 Å². The number of alkyl halides is 3. The number of nitrogens with zero attached hydrogens (tertiary/aromatic N) is 1.